The number of aromatic nitrogens is 1. The summed E-state index contributed by atoms with van der Waals surface area (Å²) >= 11 is 0. The Hall–Kier alpha value is -0.720. The van der Waals surface area contributed by atoms with Gasteiger partial charge in [0.2, 0.25) is 0 Å². The molecule has 0 saturated heterocycles. The minimum atomic E-state index is 0.332. The molecule has 0 saturated carbocycles. The summed E-state index contributed by atoms with van der Waals surface area (Å²) in [6.07, 6.45) is 2.58. The summed E-state index contributed by atoms with van der Waals surface area (Å²) in [7, 11) is 0. The van der Waals surface area contributed by atoms with E-state index in [1.54, 1.807) is 0 Å². The van der Waals surface area contributed by atoms with Crippen LogP contribution in [0.5, 0.6) is 0 Å². The van der Waals surface area contributed by atoms with Gasteiger partial charge in [-0.15, -0.1) is 0 Å². The SMILES string of the molecule is Cc1cc2c([nH]1)C(C)(C)CCC2(C)C. The zero-order valence-corrected chi connectivity index (χ0v) is 9.99. The molecule has 0 unspecified atom stereocenters. The number of aryl methyl sites for hydroxylation is 1. The smallest absolute Gasteiger partial charge is 0.0244 e. The summed E-state index contributed by atoms with van der Waals surface area (Å²) in [4.78, 5) is 3.54. The Morgan fingerprint density at radius 3 is 2.21 bits per heavy atom. The predicted octanol–water partition coefficient (Wildman–Crippen LogP) is 3.67. The van der Waals surface area contributed by atoms with Gasteiger partial charge in [-0.05, 0) is 36.8 Å². The Bertz CT molecular complexity index is 322. The van der Waals surface area contributed by atoms with Crippen LogP contribution in [-0.4, -0.2) is 4.98 Å². The fraction of sp³-hybridized carbons (Fsp3) is 0.692. The number of fused-ring (bicyclic) bond motifs is 1. The first kappa shape index (κ1) is 9.82. The summed E-state index contributed by atoms with van der Waals surface area (Å²) in [5, 5.41) is 0. The van der Waals surface area contributed by atoms with Gasteiger partial charge < -0.3 is 4.98 Å². The first-order valence-electron chi connectivity index (χ1n) is 5.53. The average molecular weight is 191 g/mol. The van der Waals surface area contributed by atoms with Crippen LogP contribution in [0.25, 0.3) is 0 Å². The van der Waals surface area contributed by atoms with Gasteiger partial charge in [-0.1, -0.05) is 27.7 Å². The van der Waals surface area contributed by atoms with Crippen molar-refractivity contribution in [3.05, 3.63) is 23.0 Å². The van der Waals surface area contributed by atoms with Crippen molar-refractivity contribution < 1.29 is 0 Å². The molecule has 0 bridgehead atoms. The van der Waals surface area contributed by atoms with E-state index in [0.717, 1.165) is 0 Å². The lowest BCUT2D eigenvalue weighted by molar-refractivity contribution is 0.327. The summed E-state index contributed by atoms with van der Waals surface area (Å²) in [5.41, 5.74) is 4.99. The van der Waals surface area contributed by atoms with Crippen molar-refractivity contribution in [1.29, 1.82) is 0 Å². The Morgan fingerprint density at radius 1 is 1.07 bits per heavy atom. The summed E-state index contributed by atoms with van der Waals surface area (Å²) in [6, 6.07) is 2.33. The van der Waals surface area contributed by atoms with Crippen molar-refractivity contribution in [2.24, 2.45) is 0 Å². The van der Waals surface area contributed by atoms with Gasteiger partial charge in [0.1, 0.15) is 0 Å². The monoisotopic (exact) mass is 191 g/mol. The highest BCUT2D eigenvalue weighted by Gasteiger charge is 2.38. The molecule has 1 nitrogen and oxygen atoms in total. The molecule has 1 aliphatic rings. The number of hydrogen-bond acceptors (Lipinski definition) is 0. The van der Waals surface area contributed by atoms with Crippen LogP contribution in [0.1, 0.15) is 57.5 Å². The highest BCUT2D eigenvalue weighted by molar-refractivity contribution is 5.39. The van der Waals surface area contributed by atoms with E-state index in [2.05, 4.69) is 45.7 Å². The zero-order valence-electron chi connectivity index (χ0n) is 9.99. The van der Waals surface area contributed by atoms with Gasteiger partial charge in [0.15, 0.2) is 0 Å². The Morgan fingerprint density at radius 2 is 1.64 bits per heavy atom. The molecule has 0 spiro atoms. The highest BCUT2D eigenvalue weighted by Crippen LogP contribution is 2.45. The molecule has 0 fully saturated rings. The van der Waals surface area contributed by atoms with Crippen molar-refractivity contribution in [3.8, 4) is 0 Å². The first-order valence-corrected chi connectivity index (χ1v) is 5.53. The third kappa shape index (κ3) is 1.30. The summed E-state index contributed by atoms with van der Waals surface area (Å²) in [6.45, 7) is 11.6. The van der Waals surface area contributed by atoms with Gasteiger partial charge in [0.05, 0.1) is 0 Å². The van der Waals surface area contributed by atoms with Crippen LogP contribution in [0.2, 0.25) is 0 Å². The fourth-order valence-electron chi connectivity index (χ4n) is 2.54. The van der Waals surface area contributed by atoms with E-state index < -0.39 is 0 Å². The minimum absolute atomic E-state index is 0.332. The fourth-order valence-corrected chi connectivity index (χ4v) is 2.54. The quantitative estimate of drug-likeness (QED) is 0.644. The van der Waals surface area contributed by atoms with Crippen molar-refractivity contribution >= 4 is 0 Å². The molecule has 1 heterocycles. The van der Waals surface area contributed by atoms with Gasteiger partial charge in [-0.3, -0.25) is 0 Å². The van der Waals surface area contributed by atoms with E-state index in [4.69, 9.17) is 0 Å². The van der Waals surface area contributed by atoms with Crippen LogP contribution in [0.3, 0.4) is 0 Å². The van der Waals surface area contributed by atoms with Gasteiger partial charge in [-0.2, -0.15) is 0 Å². The maximum atomic E-state index is 3.54. The van der Waals surface area contributed by atoms with Gasteiger partial charge in [0, 0.05) is 16.8 Å². The van der Waals surface area contributed by atoms with Crippen LogP contribution >= 0.6 is 0 Å². The van der Waals surface area contributed by atoms with Gasteiger partial charge >= 0.3 is 0 Å². The largest absolute Gasteiger partial charge is 0.362 e. The number of rotatable bonds is 0. The number of hydrogen-bond donors (Lipinski definition) is 1. The van der Waals surface area contributed by atoms with Crippen LogP contribution < -0.4 is 0 Å². The third-order valence-electron chi connectivity index (χ3n) is 3.73. The van der Waals surface area contributed by atoms with Crippen LogP contribution in [0.15, 0.2) is 6.07 Å². The van der Waals surface area contributed by atoms with E-state index in [9.17, 15) is 0 Å². The second-order valence-corrected chi connectivity index (χ2v) is 6.01. The molecular weight excluding hydrogens is 170 g/mol. The first-order chi connectivity index (χ1) is 6.33. The van der Waals surface area contributed by atoms with E-state index in [-0.39, 0.29) is 0 Å². The molecule has 0 aromatic carbocycles. The summed E-state index contributed by atoms with van der Waals surface area (Å²) < 4.78 is 0. The molecule has 14 heavy (non-hydrogen) atoms. The minimum Gasteiger partial charge on any atom is -0.362 e. The third-order valence-corrected chi connectivity index (χ3v) is 3.73. The lowest BCUT2D eigenvalue weighted by Crippen LogP contribution is -2.33. The Kier molecular flexibility index (Phi) is 1.86. The van der Waals surface area contributed by atoms with Crippen molar-refractivity contribution in [3.63, 3.8) is 0 Å². The lowest BCUT2D eigenvalue weighted by Gasteiger charge is -2.39. The predicted molar refractivity (Wildman–Crippen MR) is 60.8 cm³/mol. The second kappa shape index (κ2) is 2.65. The highest BCUT2D eigenvalue weighted by atomic mass is 14.8. The molecule has 0 atom stereocenters. The molecule has 1 N–H and O–H groups in total. The molecule has 0 amide bonds. The zero-order chi connectivity index (χ0) is 10.6. The molecule has 1 aliphatic carbocycles. The topological polar surface area (TPSA) is 15.8 Å². The Labute approximate surface area is 86.9 Å². The molecule has 78 valence electrons. The molecule has 1 aromatic rings. The Balaban J connectivity index is 2.60. The maximum Gasteiger partial charge on any atom is 0.0244 e. The molecular formula is C13H21N. The van der Waals surface area contributed by atoms with E-state index in [1.165, 1.54) is 29.8 Å². The van der Waals surface area contributed by atoms with Crippen LogP contribution in [0.4, 0.5) is 0 Å². The molecule has 1 aromatic heterocycles. The van der Waals surface area contributed by atoms with Crippen LogP contribution in [0, 0.1) is 6.92 Å². The van der Waals surface area contributed by atoms with Crippen molar-refractivity contribution in [2.75, 3.05) is 0 Å². The summed E-state index contributed by atoms with van der Waals surface area (Å²) in [5.74, 6) is 0. The van der Waals surface area contributed by atoms with E-state index in [0.29, 0.717) is 10.8 Å². The molecule has 0 radical (unpaired) electrons. The van der Waals surface area contributed by atoms with E-state index in [1.807, 2.05) is 0 Å². The second-order valence-electron chi connectivity index (χ2n) is 6.01. The lowest BCUT2D eigenvalue weighted by atomic mass is 9.66. The number of aromatic amines is 1. The number of nitrogens with one attached hydrogen (secondary N) is 1. The molecule has 0 aliphatic heterocycles. The molecule has 2 rings (SSSR count). The average Bonchev–Trinajstić information content (AvgIpc) is 2.44. The van der Waals surface area contributed by atoms with Crippen molar-refractivity contribution in [2.45, 2.75) is 58.3 Å². The van der Waals surface area contributed by atoms with Crippen molar-refractivity contribution in [1.82, 2.24) is 4.98 Å². The molecule has 1 heteroatoms. The van der Waals surface area contributed by atoms with Gasteiger partial charge in [-0.25, -0.2) is 0 Å². The maximum absolute atomic E-state index is 3.54. The normalized spacial score (nSPS) is 23.2. The van der Waals surface area contributed by atoms with Crippen LogP contribution in [-0.2, 0) is 10.8 Å². The standard InChI is InChI=1S/C13H21N/c1-9-8-10-11(14-9)13(4,5)7-6-12(10,2)3/h8,14H,6-7H2,1-5H3. The number of H-pyrrole nitrogens is 1. The van der Waals surface area contributed by atoms with E-state index >= 15 is 0 Å². The van der Waals surface area contributed by atoms with Gasteiger partial charge in [0.25, 0.3) is 0 Å².